The molecule has 0 amide bonds. The number of aromatic nitrogens is 3. The molecule has 0 saturated carbocycles. The molecule has 2 aromatic carbocycles. The van der Waals surface area contributed by atoms with Crippen LogP contribution < -0.4 is 10.4 Å². The molecule has 2 aromatic heterocycles. The second-order valence-electron chi connectivity index (χ2n) is 8.56. The second kappa shape index (κ2) is 8.55. The maximum Gasteiger partial charge on any atom is 0.329 e. The molecular formula is C25H30N4O2. The Morgan fingerprint density at radius 2 is 1.77 bits per heavy atom. The van der Waals surface area contributed by atoms with Crippen molar-refractivity contribution in [2.24, 2.45) is 7.05 Å². The van der Waals surface area contributed by atoms with Crippen molar-refractivity contribution < 1.29 is 4.74 Å². The molecule has 0 fully saturated rings. The maximum atomic E-state index is 12.8. The van der Waals surface area contributed by atoms with E-state index in [-0.39, 0.29) is 11.7 Å². The number of rotatable bonds is 7. The summed E-state index contributed by atoms with van der Waals surface area (Å²) in [5.41, 5.74) is 4.86. The monoisotopic (exact) mass is 418 g/mol. The molecule has 0 bridgehead atoms. The van der Waals surface area contributed by atoms with Crippen molar-refractivity contribution in [3.05, 3.63) is 59.1 Å². The van der Waals surface area contributed by atoms with E-state index in [0.717, 1.165) is 51.8 Å². The van der Waals surface area contributed by atoms with E-state index in [1.54, 1.807) is 17.8 Å². The number of nitrogens with zero attached hydrogens (tertiary/aromatic N) is 4. The fourth-order valence-corrected chi connectivity index (χ4v) is 4.00. The van der Waals surface area contributed by atoms with Crippen LogP contribution in [0.3, 0.4) is 0 Å². The third-order valence-electron chi connectivity index (χ3n) is 5.64. The minimum Gasteiger partial charge on any atom is -0.494 e. The van der Waals surface area contributed by atoms with Crippen molar-refractivity contribution in [3.8, 4) is 16.9 Å². The highest BCUT2D eigenvalue weighted by Gasteiger charge is 2.17. The number of pyridine rings is 1. The molecule has 31 heavy (non-hydrogen) atoms. The standard InChI is InChI=1S/C25H30N4O2/c1-17(2)29-24-21-15-19(9-12-22(21)26-16-23(24)28(5)25(29)30)18-7-10-20(11-8-18)31-14-6-13-27(3)4/h7-12,15-17H,6,13-14H2,1-5H3. The highest BCUT2D eigenvalue weighted by atomic mass is 16.5. The van der Waals surface area contributed by atoms with Crippen molar-refractivity contribution in [1.29, 1.82) is 0 Å². The highest BCUT2D eigenvalue weighted by molar-refractivity contribution is 6.04. The zero-order valence-electron chi connectivity index (χ0n) is 18.9. The summed E-state index contributed by atoms with van der Waals surface area (Å²) >= 11 is 0. The number of fused-ring (bicyclic) bond motifs is 3. The lowest BCUT2D eigenvalue weighted by Gasteiger charge is -2.11. The normalized spacial score (nSPS) is 11.8. The average Bonchev–Trinajstić information content (AvgIpc) is 3.02. The quantitative estimate of drug-likeness (QED) is 0.416. The van der Waals surface area contributed by atoms with Crippen LogP contribution in [-0.2, 0) is 7.05 Å². The molecule has 0 aliphatic carbocycles. The van der Waals surface area contributed by atoms with Crippen LogP contribution in [-0.4, -0.2) is 46.3 Å². The van der Waals surface area contributed by atoms with Gasteiger partial charge in [-0.1, -0.05) is 18.2 Å². The van der Waals surface area contributed by atoms with Crippen molar-refractivity contribution >= 4 is 21.9 Å². The third kappa shape index (κ3) is 4.08. The molecule has 162 valence electrons. The Balaban J connectivity index is 1.70. The lowest BCUT2D eigenvalue weighted by atomic mass is 10.0. The van der Waals surface area contributed by atoms with Gasteiger partial charge in [-0.25, -0.2) is 4.79 Å². The molecule has 0 radical (unpaired) electrons. The Morgan fingerprint density at radius 1 is 1.06 bits per heavy atom. The Kier molecular flexibility index (Phi) is 5.83. The largest absolute Gasteiger partial charge is 0.494 e. The van der Waals surface area contributed by atoms with Crippen molar-refractivity contribution in [3.63, 3.8) is 0 Å². The van der Waals surface area contributed by atoms with E-state index in [4.69, 9.17) is 4.74 Å². The molecule has 0 spiro atoms. The Hall–Kier alpha value is -3.12. The van der Waals surface area contributed by atoms with Gasteiger partial charge in [0.1, 0.15) is 5.75 Å². The fraction of sp³-hybridized carbons (Fsp3) is 0.360. The average molecular weight is 419 g/mol. The van der Waals surface area contributed by atoms with Gasteiger partial charge >= 0.3 is 5.69 Å². The second-order valence-corrected chi connectivity index (χ2v) is 8.56. The van der Waals surface area contributed by atoms with E-state index >= 15 is 0 Å². The van der Waals surface area contributed by atoms with Gasteiger partial charge in [-0.3, -0.25) is 14.1 Å². The minimum absolute atomic E-state index is 0.0135. The molecule has 6 nitrogen and oxygen atoms in total. The van der Waals surface area contributed by atoms with E-state index in [1.807, 2.05) is 36.6 Å². The van der Waals surface area contributed by atoms with E-state index in [0.29, 0.717) is 6.61 Å². The van der Waals surface area contributed by atoms with Crippen molar-refractivity contribution in [2.45, 2.75) is 26.3 Å². The Labute approximate surface area is 182 Å². The summed E-state index contributed by atoms with van der Waals surface area (Å²) in [5, 5.41) is 0.991. The van der Waals surface area contributed by atoms with Gasteiger partial charge in [0.05, 0.1) is 29.4 Å². The summed E-state index contributed by atoms with van der Waals surface area (Å²) in [4.78, 5) is 19.5. The molecule has 6 heteroatoms. The van der Waals surface area contributed by atoms with Gasteiger partial charge in [-0.15, -0.1) is 0 Å². The van der Waals surface area contributed by atoms with Crippen molar-refractivity contribution in [1.82, 2.24) is 19.0 Å². The summed E-state index contributed by atoms with van der Waals surface area (Å²) in [6, 6.07) is 14.5. The van der Waals surface area contributed by atoms with Crippen LogP contribution in [0.5, 0.6) is 5.75 Å². The number of benzene rings is 2. The van der Waals surface area contributed by atoms with Crippen molar-refractivity contribution in [2.75, 3.05) is 27.2 Å². The lowest BCUT2D eigenvalue weighted by Crippen LogP contribution is -2.23. The molecule has 4 rings (SSSR count). The van der Waals surface area contributed by atoms with Crippen LogP contribution in [0, 0.1) is 0 Å². The smallest absolute Gasteiger partial charge is 0.329 e. The summed E-state index contributed by atoms with van der Waals surface area (Å²) < 4.78 is 9.39. The van der Waals surface area contributed by atoms with Gasteiger partial charge in [0.2, 0.25) is 0 Å². The SMILES string of the molecule is CC(C)n1c(=O)n(C)c2cnc3ccc(-c4ccc(OCCCN(C)C)cc4)cc3c21. The number of aryl methyl sites for hydroxylation is 1. The van der Waals surface area contributed by atoms with Gasteiger partial charge in [-0.2, -0.15) is 0 Å². The van der Waals surface area contributed by atoms with Crippen LogP contribution in [0.2, 0.25) is 0 Å². The van der Waals surface area contributed by atoms with Crippen LogP contribution >= 0.6 is 0 Å². The number of imidazole rings is 1. The maximum absolute atomic E-state index is 12.8. The van der Waals surface area contributed by atoms with Gasteiger partial charge < -0.3 is 9.64 Å². The molecule has 0 aliphatic heterocycles. The van der Waals surface area contributed by atoms with Crippen LogP contribution in [0.4, 0.5) is 0 Å². The van der Waals surface area contributed by atoms with Crippen LogP contribution in [0.25, 0.3) is 33.1 Å². The van der Waals surface area contributed by atoms with Crippen LogP contribution in [0.1, 0.15) is 26.3 Å². The van der Waals surface area contributed by atoms with Gasteiger partial charge in [0.15, 0.2) is 0 Å². The first kappa shape index (κ1) is 21.1. The molecule has 0 atom stereocenters. The Morgan fingerprint density at radius 3 is 2.45 bits per heavy atom. The first-order valence-electron chi connectivity index (χ1n) is 10.7. The molecule has 0 saturated heterocycles. The summed E-state index contributed by atoms with van der Waals surface area (Å²) in [6.07, 6.45) is 2.79. The lowest BCUT2D eigenvalue weighted by molar-refractivity contribution is 0.281. The number of hydrogen-bond acceptors (Lipinski definition) is 4. The van der Waals surface area contributed by atoms with E-state index in [1.165, 1.54) is 0 Å². The molecular weight excluding hydrogens is 388 g/mol. The highest BCUT2D eigenvalue weighted by Crippen LogP contribution is 2.30. The van der Waals surface area contributed by atoms with E-state index in [2.05, 4.69) is 48.2 Å². The predicted molar refractivity (Wildman–Crippen MR) is 127 cm³/mol. The third-order valence-corrected chi connectivity index (χ3v) is 5.64. The van der Waals surface area contributed by atoms with E-state index < -0.39 is 0 Å². The van der Waals surface area contributed by atoms with Gasteiger partial charge in [0, 0.05) is 25.0 Å². The molecule has 4 aromatic rings. The minimum atomic E-state index is -0.0135. The molecule has 0 N–H and O–H groups in total. The zero-order valence-corrected chi connectivity index (χ0v) is 18.9. The summed E-state index contributed by atoms with van der Waals surface area (Å²) in [6.45, 7) is 5.79. The molecule has 0 unspecified atom stereocenters. The Bertz CT molecular complexity index is 1270. The van der Waals surface area contributed by atoms with Gasteiger partial charge in [0.25, 0.3) is 0 Å². The number of ether oxygens (including phenoxy) is 1. The molecule has 2 heterocycles. The predicted octanol–water partition coefficient (Wildman–Crippen LogP) is 4.47. The molecule has 0 aliphatic rings. The zero-order chi connectivity index (χ0) is 22.1. The summed E-state index contributed by atoms with van der Waals surface area (Å²) in [7, 11) is 5.94. The first-order valence-corrected chi connectivity index (χ1v) is 10.7. The van der Waals surface area contributed by atoms with Crippen LogP contribution in [0.15, 0.2) is 53.5 Å². The summed E-state index contributed by atoms with van der Waals surface area (Å²) in [5.74, 6) is 0.879. The first-order chi connectivity index (χ1) is 14.9. The fourth-order valence-electron chi connectivity index (χ4n) is 4.00. The van der Waals surface area contributed by atoms with E-state index in [9.17, 15) is 4.79 Å². The topological polar surface area (TPSA) is 52.3 Å². The number of hydrogen-bond donors (Lipinski definition) is 0. The van der Waals surface area contributed by atoms with Gasteiger partial charge in [-0.05, 0) is 69.8 Å².